The molecule has 0 aromatic heterocycles. The largest absolute Gasteiger partial charge is 0.461 e. The molecule has 202 valence electrons. The van der Waals surface area contributed by atoms with Crippen LogP contribution in [-0.4, -0.2) is 64.1 Å². The summed E-state index contributed by atoms with van der Waals surface area (Å²) in [5.74, 6) is 0.605. The molecule has 2 aliphatic heterocycles. The molecule has 0 aromatic carbocycles. The second kappa shape index (κ2) is 9.41. The Morgan fingerprint density at radius 2 is 1.86 bits per heavy atom. The molecule has 2 saturated heterocycles. The second-order valence-corrected chi connectivity index (χ2v) is 14.8. The molecule has 5 aliphatic rings. The Labute approximate surface area is 222 Å². The number of ketones is 1. The summed E-state index contributed by atoms with van der Waals surface area (Å²) in [7, 11) is 2.24. The summed E-state index contributed by atoms with van der Waals surface area (Å²) in [5, 5.41) is 12.2. The number of fused-ring (bicyclic) bond motifs is 2. The van der Waals surface area contributed by atoms with E-state index in [0.717, 1.165) is 32.1 Å². The Balaban J connectivity index is 1.39. The zero-order valence-corrected chi connectivity index (χ0v) is 23.8. The molecule has 0 radical (unpaired) electrons. The molecule has 3 aliphatic carbocycles. The van der Waals surface area contributed by atoms with Gasteiger partial charge in [0.05, 0.1) is 11.9 Å². The number of aliphatic hydroxyl groups excluding tert-OH is 1. The first-order valence-corrected chi connectivity index (χ1v) is 15.4. The van der Waals surface area contributed by atoms with Crippen molar-refractivity contribution in [2.24, 2.45) is 34.0 Å². The van der Waals surface area contributed by atoms with E-state index in [0.29, 0.717) is 41.7 Å². The Morgan fingerprint density at radius 1 is 1.19 bits per heavy atom. The van der Waals surface area contributed by atoms with Gasteiger partial charge in [-0.05, 0) is 75.7 Å². The SMILES string of the molecule is C=C[C@]1(C)C[C@@H](OC(=O)CSC2CC3CCC(C2)N3C)[C@]2(C)C(C)CC[C@]3(CCC(=O)C32)[C@@H](C)[C@@H]1O. The van der Waals surface area contributed by atoms with E-state index >= 15 is 0 Å². The maximum atomic E-state index is 13.5. The summed E-state index contributed by atoms with van der Waals surface area (Å²) in [6.07, 6.45) is 9.58. The highest BCUT2D eigenvalue weighted by Gasteiger charge is 2.68. The molecule has 10 atom stereocenters. The molecule has 3 saturated carbocycles. The number of hydrogen-bond acceptors (Lipinski definition) is 6. The Morgan fingerprint density at radius 3 is 2.50 bits per heavy atom. The van der Waals surface area contributed by atoms with Gasteiger partial charge in [-0.3, -0.25) is 9.59 Å². The van der Waals surface area contributed by atoms with Gasteiger partial charge < -0.3 is 14.7 Å². The normalized spacial score (nSPS) is 50.8. The van der Waals surface area contributed by atoms with E-state index in [4.69, 9.17) is 4.74 Å². The topological polar surface area (TPSA) is 66.8 Å². The third-order valence-electron chi connectivity index (χ3n) is 12.1. The van der Waals surface area contributed by atoms with E-state index < -0.39 is 23.0 Å². The fourth-order valence-electron chi connectivity index (χ4n) is 9.38. The molecule has 5 fully saturated rings. The molecule has 0 amide bonds. The fraction of sp³-hybridized carbons (Fsp3) is 0.867. The van der Waals surface area contributed by atoms with Gasteiger partial charge in [0.2, 0.25) is 0 Å². The summed E-state index contributed by atoms with van der Waals surface area (Å²) < 4.78 is 6.42. The van der Waals surface area contributed by atoms with E-state index in [1.807, 2.05) is 6.08 Å². The van der Waals surface area contributed by atoms with Gasteiger partial charge in [-0.2, -0.15) is 0 Å². The molecule has 4 unspecified atom stereocenters. The van der Waals surface area contributed by atoms with E-state index in [1.54, 1.807) is 11.8 Å². The number of ether oxygens (including phenoxy) is 1. The van der Waals surface area contributed by atoms with Crippen LogP contribution in [0.15, 0.2) is 12.7 Å². The molecule has 36 heavy (non-hydrogen) atoms. The second-order valence-electron chi connectivity index (χ2n) is 13.5. The summed E-state index contributed by atoms with van der Waals surface area (Å²) in [6, 6.07) is 1.31. The first-order valence-electron chi connectivity index (χ1n) is 14.3. The molecule has 6 heteroatoms. The number of carbonyl (C=O) groups is 2. The molecule has 5 rings (SSSR count). The van der Waals surface area contributed by atoms with Crippen molar-refractivity contribution in [3.05, 3.63) is 12.7 Å². The fourth-order valence-corrected chi connectivity index (χ4v) is 10.5. The van der Waals surface area contributed by atoms with Crippen LogP contribution in [0, 0.1) is 34.0 Å². The lowest BCUT2D eigenvalue weighted by Gasteiger charge is -2.61. The quantitative estimate of drug-likeness (QED) is 0.397. The van der Waals surface area contributed by atoms with Crippen LogP contribution >= 0.6 is 11.8 Å². The first kappa shape index (κ1) is 26.7. The first-order chi connectivity index (χ1) is 17.0. The van der Waals surface area contributed by atoms with Gasteiger partial charge >= 0.3 is 5.97 Å². The predicted molar refractivity (Wildman–Crippen MR) is 145 cm³/mol. The van der Waals surface area contributed by atoms with Crippen LogP contribution in [0.5, 0.6) is 0 Å². The van der Waals surface area contributed by atoms with Crippen LogP contribution in [-0.2, 0) is 14.3 Å². The summed E-state index contributed by atoms with van der Waals surface area (Å²) in [4.78, 5) is 29.4. The number of nitrogens with zero attached hydrogens (tertiary/aromatic N) is 1. The zero-order chi connectivity index (χ0) is 26.0. The highest BCUT2D eigenvalue weighted by molar-refractivity contribution is 8.00. The van der Waals surface area contributed by atoms with E-state index in [-0.39, 0.29) is 29.1 Å². The van der Waals surface area contributed by atoms with Gasteiger partial charge in [0.15, 0.2) is 0 Å². The molecule has 2 heterocycles. The number of rotatable bonds is 5. The van der Waals surface area contributed by atoms with E-state index in [1.165, 1.54) is 12.8 Å². The van der Waals surface area contributed by atoms with Crippen LogP contribution < -0.4 is 0 Å². The number of piperidine rings is 1. The zero-order valence-electron chi connectivity index (χ0n) is 23.0. The van der Waals surface area contributed by atoms with Crippen molar-refractivity contribution in [3.8, 4) is 0 Å². The number of hydrogen-bond donors (Lipinski definition) is 1. The number of thioether (sulfide) groups is 1. The Kier molecular flexibility index (Phi) is 6.99. The number of Topliss-reactive ketones (excluding diaryl/α,β-unsaturated/α-hetero) is 1. The molecular formula is C30H47NO4S. The molecule has 0 spiro atoms. The van der Waals surface area contributed by atoms with Crippen molar-refractivity contribution in [1.29, 1.82) is 0 Å². The van der Waals surface area contributed by atoms with Crippen molar-refractivity contribution >= 4 is 23.5 Å². The van der Waals surface area contributed by atoms with Crippen molar-refractivity contribution in [2.75, 3.05) is 12.8 Å². The lowest BCUT2D eigenvalue weighted by atomic mass is 9.44. The van der Waals surface area contributed by atoms with E-state index in [9.17, 15) is 14.7 Å². The Hall–Kier alpha value is -0.850. The maximum Gasteiger partial charge on any atom is 0.316 e. The van der Waals surface area contributed by atoms with Crippen LogP contribution in [0.2, 0.25) is 0 Å². The number of carbonyl (C=O) groups excluding carboxylic acids is 2. The smallest absolute Gasteiger partial charge is 0.316 e. The maximum absolute atomic E-state index is 13.5. The minimum Gasteiger partial charge on any atom is -0.461 e. The molecule has 5 nitrogen and oxygen atoms in total. The van der Waals surface area contributed by atoms with Crippen LogP contribution in [0.3, 0.4) is 0 Å². The van der Waals surface area contributed by atoms with Crippen molar-refractivity contribution in [3.63, 3.8) is 0 Å². The molecule has 1 N–H and O–H groups in total. The van der Waals surface area contributed by atoms with Crippen molar-refractivity contribution < 1.29 is 19.4 Å². The van der Waals surface area contributed by atoms with Gasteiger partial charge in [-0.25, -0.2) is 0 Å². The average Bonchev–Trinajstić information content (AvgIpc) is 3.28. The van der Waals surface area contributed by atoms with E-state index in [2.05, 4.69) is 46.2 Å². The molecular weight excluding hydrogens is 470 g/mol. The predicted octanol–water partition coefficient (Wildman–Crippen LogP) is 5.25. The standard InChI is InChI=1S/C30H47NO4S/c1-7-28(4)16-24(35-25(33)17-36-22-14-20-8-9-21(15-22)31(20)6)29(5)18(2)10-12-30(19(3)27(28)34)13-11-23(32)26(29)30/h7,18-22,24,26-27,34H,1,8-17H2,2-6H3/t18?,19-,20?,21?,22?,24+,26?,27-,28+,29-,30-/m0/s1. The van der Waals surface area contributed by atoms with Crippen LogP contribution in [0.1, 0.15) is 85.5 Å². The minimum absolute atomic E-state index is 0.00390. The van der Waals surface area contributed by atoms with Gasteiger partial charge in [-0.1, -0.05) is 33.8 Å². The van der Waals surface area contributed by atoms with Crippen molar-refractivity contribution in [2.45, 2.75) is 115 Å². The monoisotopic (exact) mass is 517 g/mol. The van der Waals surface area contributed by atoms with Gasteiger partial charge in [0.25, 0.3) is 0 Å². The minimum atomic E-state index is -0.619. The highest BCUT2D eigenvalue weighted by atomic mass is 32.2. The summed E-state index contributed by atoms with van der Waals surface area (Å²) >= 11 is 1.76. The van der Waals surface area contributed by atoms with Gasteiger partial charge in [-0.15, -0.1) is 18.3 Å². The average molecular weight is 518 g/mol. The van der Waals surface area contributed by atoms with Crippen LogP contribution in [0.4, 0.5) is 0 Å². The lowest BCUT2D eigenvalue weighted by Crippen LogP contribution is -2.63. The Bertz CT molecular complexity index is 895. The summed E-state index contributed by atoms with van der Waals surface area (Å²) in [6.45, 7) is 12.8. The summed E-state index contributed by atoms with van der Waals surface area (Å²) in [5.41, 5.74) is -1.24. The lowest BCUT2D eigenvalue weighted by molar-refractivity contribution is -0.205. The number of aliphatic hydroxyl groups is 1. The highest BCUT2D eigenvalue weighted by Crippen LogP contribution is 2.68. The van der Waals surface area contributed by atoms with Crippen molar-refractivity contribution in [1.82, 2.24) is 4.90 Å². The molecule has 0 aromatic rings. The van der Waals surface area contributed by atoms with Gasteiger partial charge in [0.1, 0.15) is 11.9 Å². The third kappa shape index (κ3) is 3.95. The van der Waals surface area contributed by atoms with Crippen LogP contribution in [0.25, 0.3) is 0 Å². The third-order valence-corrected chi connectivity index (χ3v) is 13.3. The number of esters is 1. The molecule has 4 bridgehead atoms. The van der Waals surface area contributed by atoms with Gasteiger partial charge in [0, 0.05) is 40.5 Å².